The third-order valence-corrected chi connectivity index (χ3v) is 5.71. The van der Waals surface area contributed by atoms with E-state index in [1.54, 1.807) is 25.3 Å². The first-order chi connectivity index (χ1) is 14.9. The summed E-state index contributed by atoms with van der Waals surface area (Å²) >= 11 is 0. The van der Waals surface area contributed by atoms with Gasteiger partial charge in [0.1, 0.15) is 12.4 Å². The van der Waals surface area contributed by atoms with Crippen molar-refractivity contribution in [1.29, 1.82) is 0 Å². The first-order valence-corrected chi connectivity index (χ1v) is 10.4. The number of nitrogens with zero attached hydrogens (tertiary/aromatic N) is 2. The lowest BCUT2D eigenvalue weighted by Crippen LogP contribution is -2.19. The third kappa shape index (κ3) is 4.44. The van der Waals surface area contributed by atoms with Gasteiger partial charge in [-0.15, -0.1) is 0 Å². The van der Waals surface area contributed by atoms with Crippen LogP contribution in [0.3, 0.4) is 0 Å². The van der Waals surface area contributed by atoms with E-state index in [-0.39, 0.29) is 0 Å². The van der Waals surface area contributed by atoms with Crippen LogP contribution in [0, 0.1) is 0 Å². The van der Waals surface area contributed by atoms with E-state index in [2.05, 4.69) is 14.9 Å². The standard InChI is InChI=1S/C23H24F3N3O2/c1-31-14-21-28-19-12-11-15(13-20(19)29(21)16-7-3-2-4-8-16)27-22(30)17-9-5-6-10-18(17)23(24,25)26/h5-6,9-13,16H,2-4,7-8,14H2,1H3,(H,27,30). The lowest BCUT2D eigenvalue weighted by Gasteiger charge is -2.25. The van der Waals surface area contributed by atoms with Gasteiger partial charge in [0.2, 0.25) is 0 Å². The number of anilines is 1. The van der Waals surface area contributed by atoms with Gasteiger partial charge in [0.15, 0.2) is 0 Å². The average molecular weight is 431 g/mol. The van der Waals surface area contributed by atoms with Crippen molar-refractivity contribution in [3.63, 3.8) is 0 Å². The summed E-state index contributed by atoms with van der Waals surface area (Å²) in [6.45, 7) is 0.367. The molecule has 8 heteroatoms. The molecule has 4 rings (SSSR count). The van der Waals surface area contributed by atoms with Crippen molar-refractivity contribution in [1.82, 2.24) is 9.55 Å². The van der Waals surface area contributed by atoms with E-state index in [4.69, 9.17) is 4.74 Å². The summed E-state index contributed by atoms with van der Waals surface area (Å²) in [6.07, 6.45) is 0.966. The van der Waals surface area contributed by atoms with Crippen LogP contribution in [0.2, 0.25) is 0 Å². The van der Waals surface area contributed by atoms with Gasteiger partial charge in [-0.2, -0.15) is 13.2 Å². The Labute approximate surface area is 178 Å². The third-order valence-electron chi connectivity index (χ3n) is 5.71. The highest BCUT2D eigenvalue weighted by atomic mass is 19.4. The highest BCUT2D eigenvalue weighted by Crippen LogP contribution is 2.35. The molecule has 1 saturated carbocycles. The van der Waals surface area contributed by atoms with E-state index in [0.29, 0.717) is 18.3 Å². The molecule has 1 aliphatic rings. The van der Waals surface area contributed by atoms with Gasteiger partial charge in [0.05, 0.1) is 22.2 Å². The Morgan fingerprint density at radius 1 is 1.16 bits per heavy atom. The summed E-state index contributed by atoms with van der Waals surface area (Å²) in [5, 5.41) is 2.62. The van der Waals surface area contributed by atoms with Crippen LogP contribution in [0.1, 0.15) is 59.9 Å². The summed E-state index contributed by atoms with van der Waals surface area (Å²) in [5.41, 5.74) is 0.682. The fraction of sp³-hybridized carbons (Fsp3) is 0.391. The van der Waals surface area contributed by atoms with Crippen molar-refractivity contribution >= 4 is 22.6 Å². The molecule has 164 valence electrons. The molecule has 1 heterocycles. The molecule has 0 radical (unpaired) electrons. The van der Waals surface area contributed by atoms with Crippen LogP contribution in [-0.2, 0) is 17.5 Å². The topological polar surface area (TPSA) is 56.1 Å². The van der Waals surface area contributed by atoms with Crippen molar-refractivity contribution in [2.24, 2.45) is 0 Å². The van der Waals surface area contributed by atoms with Crippen LogP contribution in [0.4, 0.5) is 18.9 Å². The Morgan fingerprint density at radius 3 is 2.61 bits per heavy atom. The lowest BCUT2D eigenvalue weighted by atomic mass is 9.95. The first kappa shape index (κ1) is 21.4. The molecule has 31 heavy (non-hydrogen) atoms. The van der Waals surface area contributed by atoms with Crippen LogP contribution in [-0.4, -0.2) is 22.6 Å². The fourth-order valence-electron chi connectivity index (χ4n) is 4.32. The van der Waals surface area contributed by atoms with Crippen molar-refractivity contribution < 1.29 is 22.7 Å². The number of aromatic nitrogens is 2. The minimum Gasteiger partial charge on any atom is -0.377 e. The van der Waals surface area contributed by atoms with Crippen molar-refractivity contribution in [3.8, 4) is 0 Å². The molecular weight excluding hydrogens is 407 g/mol. The molecule has 3 aromatic rings. The summed E-state index contributed by atoms with van der Waals surface area (Å²) in [4.78, 5) is 17.3. The first-order valence-electron chi connectivity index (χ1n) is 10.4. The van der Waals surface area contributed by atoms with E-state index in [1.165, 1.54) is 24.6 Å². The molecule has 0 unspecified atom stereocenters. The maximum atomic E-state index is 13.3. The van der Waals surface area contributed by atoms with Crippen LogP contribution in [0.5, 0.6) is 0 Å². The fourth-order valence-corrected chi connectivity index (χ4v) is 4.32. The van der Waals surface area contributed by atoms with Crippen molar-refractivity contribution in [3.05, 3.63) is 59.4 Å². The number of carbonyl (C=O) groups is 1. The number of fused-ring (bicyclic) bond motifs is 1. The number of nitrogens with one attached hydrogen (secondary N) is 1. The minimum absolute atomic E-state index is 0.292. The summed E-state index contributed by atoms with van der Waals surface area (Å²) in [7, 11) is 1.62. The number of ether oxygens (including phenoxy) is 1. The van der Waals surface area contributed by atoms with E-state index >= 15 is 0 Å². The Kier molecular flexibility index (Phi) is 6.00. The summed E-state index contributed by atoms with van der Waals surface area (Å²) in [5.74, 6) is 0.0171. The predicted molar refractivity (Wildman–Crippen MR) is 112 cm³/mol. The number of rotatable bonds is 5. The number of halogens is 3. The van der Waals surface area contributed by atoms with Crippen LogP contribution >= 0.6 is 0 Å². The number of benzene rings is 2. The number of carbonyl (C=O) groups excluding carboxylic acids is 1. The lowest BCUT2D eigenvalue weighted by molar-refractivity contribution is -0.137. The normalized spacial score (nSPS) is 15.4. The maximum absolute atomic E-state index is 13.3. The van der Waals surface area contributed by atoms with Crippen molar-refractivity contribution in [2.75, 3.05) is 12.4 Å². The molecule has 2 aromatic carbocycles. The Morgan fingerprint density at radius 2 is 1.90 bits per heavy atom. The van der Waals surface area contributed by atoms with E-state index in [9.17, 15) is 18.0 Å². The molecule has 0 aliphatic heterocycles. The largest absolute Gasteiger partial charge is 0.417 e. The molecule has 1 aromatic heterocycles. The number of amides is 1. The highest BCUT2D eigenvalue weighted by Gasteiger charge is 2.34. The summed E-state index contributed by atoms with van der Waals surface area (Å²) < 4.78 is 47.4. The van der Waals surface area contributed by atoms with Crippen LogP contribution < -0.4 is 5.32 Å². The van der Waals surface area contributed by atoms with Gasteiger partial charge in [0, 0.05) is 18.8 Å². The Balaban J connectivity index is 1.69. The molecule has 0 saturated heterocycles. The number of alkyl halides is 3. The van der Waals surface area contributed by atoms with Gasteiger partial charge >= 0.3 is 6.18 Å². The number of methoxy groups -OCH3 is 1. The monoisotopic (exact) mass is 431 g/mol. The minimum atomic E-state index is -4.60. The van der Waals surface area contributed by atoms with E-state index < -0.39 is 23.2 Å². The average Bonchev–Trinajstić information content (AvgIpc) is 3.11. The zero-order chi connectivity index (χ0) is 22.0. The number of imidazole rings is 1. The van der Waals surface area contributed by atoms with Gasteiger partial charge < -0.3 is 14.6 Å². The predicted octanol–water partition coefficient (Wildman–Crippen LogP) is 5.96. The second-order valence-electron chi connectivity index (χ2n) is 7.82. The van der Waals surface area contributed by atoms with E-state index in [0.717, 1.165) is 48.6 Å². The van der Waals surface area contributed by atoms with Crippen LogP contribution in [0.15, 0.2) is 42.5 Å². The van der Waals surface area contributed by atoms with Crippen LogP contribution in [0.25, 0.3) is 11.0 Å². The number of hydrogen-bond acceptors (Lipinski definition) is 3. The van der Waals surface area contributed by atoms with Gasteiger partial charge in [-0.1, -0.05) is 31.4 Å². The summed E-state index contributed by atoms with van der Waals surface area (Å²) in [6, 6.07) is 10.3. The molecule has 0 spiro atoms. The molecule has 0 bridgehead atoms. The van der Waals surface area contributed by atoms with Gasteiger partial charge in [-0.05, 0) is 43.2 Å². The smallest absolute Gasteiger partial charge is 0.377 e. The second kappa shape index (κ2) is 8.70. The Hall–Kier alpha value is -2.87. The highest BCUT2D eigenvalue weighted by molar-refractivity contribution is 6.06. The quantitative estimate of drug-likeness (QED) is 0.542. The zero-order valence-electron chi connectivity index (χ0n) is 17.2. The van der Waals surface area contributed by atoms with Crippen molar-refractivity contribution in [2.45, 2.75) is 50.9 Å². The molecule has 1 aliphatic carbocycles. The van der Waals surface area contributed by atoms with Gasteiger partial charge in [0.25, 0.3) is 5.91 Å². The molecule has 5 nitrogen and oxygen atoms in total. The SMILES string of the molecule is COCc1nc2ccc(NC(=O)c3ccccc3C(F)(F)F)cc2n1C1CCCCC1. The van der Waals surface area contributed by atoms with E-state index in [1.807, 2.05) is 0 Å². The molecule has 1 N–H and O–H groups in total. The van der Waals surface area contributed by atoms with Gasteiger partial charge in [-0.3, -0.25) is 4.79 Å². The molecule has 1 fully saturated rings. The Bertz CT molecular complexity index is 1090. The maximum Gasteiger partial charge on any atom is 0.417 e. The zero-order valence-corrected chi connectivity index (χ0v) is 17.2. The molecule has 1 amide bonds. The number of hydrogen-bond donors (Lipinski definition) is 1. The molecule has 0 atom stereocenters. The molecular formula is C23H24F3N3O2. The van der Waals surface area contributed by atoms with Gasteiger partial charge in [-0.25, -0.2) is 4.98 Å². The second-order valence-corrected chi connectivity index (χ2v) is 7.82.